The van der Waals surface area contributed by atoms with Gasteiger partial charge in [0.25, 0.3) is 0 Å². The molecular formula is C36H63NO7. The van der Waals surface area contributed by atoms with Crippen molar-refractivity contribution in [3.8, 4) is 0 Å². The van der Waals surface area contributed by atoms with Crippen LogP contribution in [-0.2, 0) is 24.0 Å². The number of Topliss-reactive ketones (excluding diaryl/α,β-unsaturated/α-hetero) is 2. The average Bonchev–Trinajstić information content (AvgIpc) is 3.01. The van der Waals surface area contributed by atoms with Crippen molar-refractivity contribution in [1.82, 2.24) is 5.32 Å². The molecule has 8 nitrogen and oxygen atoms in total. The summed E-state index contributed by atoms with van der Waals surface area (Å²) in [6.45, 7) is 0. The van der Waals surface area contributed by atoms with Gasteiger partial charge in [0, 0.05) is 45.1 Å². The number of carbonyl (C=O) groups excluding carboxylic acids is 3. The summed E-state index contributed by atoms with van der Waals surface area (Å²) in [5, 5.41) is 20.6. The molecule has 8 heteroatoms. The lowest BCUT2D eigenvalue weighted by Gasteiger charge is -2.28. The molecule has 0 unspecified atom stereocenters. The third-order valence-electron chi connectivity index (χ3n) is 9.53. The number of carboxylic acids is 2. The molecule has 0 aromatic rings. The third-order valence-corrected chi connectivity index (χ3v) is 9.53. The Kier molecular flexibility index (Phi) is 23.5. The lowest BCUT2D eigenvalue weighted by atomic mass is 9.76. The predicted octanol–water partition coefficient (Wildman–Crippen LogP) is 8.43. The fraction of sp³-hybridized carbons (Fsp3) is 0.861. The van der Waals surface area contributed by atoms with Gasteiger partial charge in [-0.3, -0.25) is 24.0 Å². The Hall–Kier alpha value is -2.25. The van der Waals surface area contributed by atoms with E-state index in [0.717, 1.165) is 64.2 Å². The summed E-state index contributed by atoms with van der Waals surface area (Å²) in [6, 6.07) is 0. The van der Waals surface area contributed by atoms with Crippen LogP contribution < -0.4 is 5.32 Å². The highest BCUT2D eigenvalue weighted by molar-refractivity contribution is 5.86. The van der Waals surface area contributed by atoms with E-state index in [-0.39, 0.29) is 36.9 Å². The van der Waals surface area contributed by atoms with E-state index >= 15 is 0 Å². The second-order valence-corrected chi connectivity index (χ2v) is 13.3. The molecule has 1 fully saturated rings. The van der Waals surface area contributed by atoms with Gasteiger partial charge in [0.2, 0.25) is 5.91 Å². The molecule has 1 saturated carbocycles. The highest BCUT2D eigenvalue weighted by Gasteiger charge is 2.30. The Balaban J connectivity index is 1.94. The molecule has 1 atom stereocenters. The van der Waals surface area contributed by atoms with Crippen LogP contribution in [0.4, 0.5) is 0 Å². The van der Waals surface area contributed by atoms with Gasteiger partial charge in [-0.25, -0.2) is 0 Å². The molecule has 0 aromatic heterocycles. The van der Waals surface area contributed by atoms with Crippen LogP contribution in [0.15, 0.2) is 0 Å². The van der Waals surface area contributed by atoms with Crippen LogP contribution in [0.2, 0.25) is 0 Å². The van der Waals surface area contributed by atoms with Gasteiger partial charge in [-0.05, 0) is 57.3 Å². The van der Waals surface area contributed by atoms with Crippen LogP contribution >= 0.6 is 0 Å². The molecule has 1 amide bonds. The first kappa shape index (κ1) is 39.8. The molecule has 1 aliphatic carbocycles. The third kappa shape index (κ3) is 21.5. The molecule has 0 bridgehead atoms. The lowest BCUT2D eigenvalue weighted by Crippen LogP contribution is -2.27. The van der Waals surface area contributed by atoms with Gasteiger partial charge in [-0.2, -0.15) is 0 Å². The molecule has 0 saturated heterocycles. The first-order valence-corrected chi connectivity index (χ1v) is 17.9. The number of rotatable bonds is 29. The van der Waals surface area contributed by atoms with E-state index in [1.807, 2.05) is 0 Å². The Morgan fingerprint density at radius 2 is 1.07 bits per heavy atom. The van der Waals surface area contributed by atoms with Gasteiger partial charge in [0.1, 0.15) is 11.6 Å². The molecule has 0 radical (unpaired) electrons. The van der Waals surface area contributed by atoms with E-state index in [4.69, 9.17) is 5.11 Å². The Morgan fingerprint density at radius 3 is 1.50 bits per heavy atom. The van der Waals surface area contributed by atoms with Crippen LogP contribution in [0.5, 0.6) is 0 Å². The normalized spacial score (nSPS) is 17.2. The number of hydrogen-bond acceptors (Lipinski definition) is 5. The maximum atomic E-state index is 12.7. The summed E-state index contributed by atoms with van der Waals surface area (Å²) in [5.74, 6) is -1.94. The summed E-state index contributed by atoms with van der Waals surface area (Å²) >= 11 is 0. The summed E-state index contributed by atoms with van der Waals surface area (Å²) in [4.78, 5) is 58.6. The molecule has 0 aliphatic heterocycles. The van der Waals surface area contributed by atoms with Crippen molar-refractivity contribution >= 4 is 29.4 Å². The number of hydrogen-bond donors (Lipinski definition) is 3. The first-order chi connectivity index (χ1) is 21.2. The van der Waals surface area contributed by atoms with Gasteiger partial charge in [-0.15, -0.1) is 0 Å². The van der Waals surface area contributed by atoms with Crippen molar-refractivity contribution in [2.24, 2.45) is 17.8 Å². The van der Waals surface area contributed by atoms with Crippen LogP contribution in [0.25, 0.3) is 0 Å². The van der Waals surface area contributed by atoms with Crippen molar-refractivity contribution in [1.29, 1.82) is 0 Å². The quantitative estimate of drug-likeness (QED) is 0.0713. The monoisotopic (exact) mass is 621 g/mol. The van der Waals surface area contributed by atoms with E-state index in [9.17, 15) is 29.1 Å². The lowest BCUT2D eigenvalue weighted by molar-refractivity contribution is -0.145. The topological polar surface area (TPSA) is 138 Å². The van der Waals surface area contributed by atoms with Crippen molar-refractivity contribution in [2.75, 3.05) is 7.05 Å². The van der Waals surface area contributed by atoms with Crippen molar-refractivity contribution in [3.05, 3.63) is 0 Å². The Labute approximate surface area is 266 Å². The Morgan fingerprint density at radius 1 is 0.614 bits per heavy atom. The van der Waals surface area contributed by atoms with Gasteiger partial charge >= 0.3 is 11.9 Å². The van der Waals surface area contributed by atoms with Crippen molar-refractivity contribution in [2.45, 2.75) is 173 Å². The minimum Gasteiger partial charge on any atom is -0.481 e. The van der Waals surface area contributed by atoms with Crippen LogP contribution in [0.3, 0.4) is 0 Å². The number of aliphatic carboxylic acids is 2. The molecule has 0 heterocycles. The molecule has 1 aliphatic rings. The molecule has 254 valence electrons. The van der Waals surface area contributed by atoms with Crippen LogP contribution in [-0.4, -0.2) is 46.7 Å². The fourth-order valence-electron chi connectivity index (χ4n) is 6.49. The summed E-state index contributed by atoms with van der Waals surface area (Å²) in [5.41, 5.74) is 0. The van der Waals surface area contributed by atoms with Crippen LogP contribution in [0.1, 0.15) is 173 Å². The van der Waals surface area contributed by atoms with E-state index in [1.54, 1.807) is 0 Å². The SMILES string of the molecule is CNC(=O)CC[C@H](CC(=O)C1CCC(CCC(=O)CCCCCCCCCCCCCCCCCCC(=O)O)CC1)C(=O)O. The van der Waals surface area contributed by atoms with Crippen molar-refractivity contribution in [3.63, 3.8) is 0 Å². The summed E-state index contributed by atoms with van der Waals surface area (Å²) < 4.78 is 0. The van der Waals surface area contributed by atoms with Gasteiger partial charge < -0.3 is 15.5 Å². The second kappa shape index (κ2) is 26.0. The molecular weight excluding hydrogens is 558 g/mol. The van der Waals surface area contributed by atoms with Gasteiger partial charge in [0.05, 0.1) is 5.92 Å². The zero-order chi connectivity index (χ0) is 32.4. The predicted molar refractivity (Wildman–Crippen MR) is 174 cm³/mol. The first-order valence-electron chi connectivity index (χ1n) is 17.9. The number of unbranched alkanes of at least 4 members (excludes halogenated alkanes) is 15. The number of carboxylic acid groups (broad SMARTS) is 2. The molecule has 3 N–H and O–H groups in total. The number of amides is 1. The molecule has 1 rings (SSSR count). The second-order valence-electron chi connectivity index (χ2n) is 13.3. The number of carbonyl (C=O) groups is 5. The molecule has 0 aromatic carbocycles. The highest BCUT2D eigenvalue weighted by Crippen LogP contribution is 2.33. The minimum absolute atomic E-state index is 0.00193. The summed E-state index contributed by atoms with van der Waals surface area (Å²) in [7, 11) is 1.52. The zero-order valence-corrected chi connectivity index (χ0v) is 27.8. The highest BCUT2D eigenvalue weighted by atomic mass is 16.4. The van der Waals surface area contributed by atoms with E-state index < -0.39 is 17.9 Å². The Bertz CT molecular complexity index is 819. The number of nitrogens with one attached hydrogen (secondary N) is 1. The maximum absolute atomic E-state index is 12.7. The van der Waals surface area contributed by atoms with Crippen LogP contribution in [0, 0.1) is 17.8 Å². The largest absolute Gasteiger partial charge is 0.481 e. The smallest absolute Gasteiger partial charge is 0.306 e. The van der Waals surface area contributed by atoms with Gasteiger partial charge in [-0.1, -0.05) is 89.9 Å². The van der Waals surface area contributed by atoms with E-state index in [0.29, 0.717) is 31.0 Å². The zero-order valence-electron chi connectivity index (χ0n) is 27.8. The van der Waals surface area contributed by atoms with Gasteiger partial charge in [0.15, 0.2) is 0 Å². The van der Waals surface area contributed by atoms with Crippen molar-refractivity contribution < 1.29 is 34.2 Å². The van der Waals surface area contributed by atoms with E-state index in [1.165, 1.54) is 77.7 Å². The maximum Gasteiger partial charge on any atom is 0.306 e. The molecule has 44 heavy (non-hydrogen) atoms. The van der Waals surface area contributed by atoms with E-state index in [2.05, 4.69) is 5.32 Å². The standard InChI is InChI=1S/C36H63NO7/c1-37-34(40)27-25-31(36(43)44)28-33(39)30-23-20-29(21-24-30)22-26-32(38)18-16-14-12-10-8-6-4-2-3-5-7-9-11-13-15-17-19-35(41)42/h29-31H,2-28H2,1H3,(H,37,40)(H,41,42)(H,43,44)/t29?,30?,31-/m1/s1. The molecule has 0 spiro atoms. The summed E-state index contributed by atoms with van der Waals surface area (Å²) in [6.07, 6.45) is 25.6. The fourth-order valence-corrected chi connectivity index (χ4v) is 6.49. The average molecular weight is 622 g/mol. The number of ketones is 2. The minimum atomic E-state index is -1.01.